The number of anilines is 1. The van der Waals surface area contributed by atoms with E-state index >= 15 is 0 Å². The number of alkyl halides is 2. The zero-order valence-corrected chi connectivity index (χ0v) is 14.3. The average molecular weight is 346 g/mol. The Balaban J connectivity index is 2.18. The summed E-state index contributed by atoms with van der Waals surface area (Å²) in [5.41, 5.74) is 6.33. The molecule has 1 fully saturated rings. The summed E-state index contributed by atoms with van der Waals surface area (Å²) < 4.78 is 31.8. The van der Waals surface area contributed by atoms with Gasteiger partial charge in [0, 0.05) is 12.8 Å². The van der Waals surface area contributed by atoms with Gasteiger partial charge < -0.3 is 10.5 Å². The van der Waals surface area contributed by atoms with Gasteiger partial charge in [-0.3, -0.25) is 4.79 Å². The number of hydrogen-bond donors (Lipinski definition) is 1. The van der Waals surface area contributed by atoms with Crippen molar-refractivity contribution in [2.24, 2.45) is 5.92 Å². The predicted octanol–water partition coefficient (Wildman–Crippen LogP) is 4.78. The van der Waals surface area contributed by atoms with E-state index in [9.17, 15) is 13.6 Å². The van der Waals surface area contributed by atoms with Gasteiger partial charge in [-0.2, -0.15) is 0 Å². The molecular weight excluding hydrogens is 324 g/mol. The minimum Gasteiger partial charge on any atom is -0.460 e. The highest BCUT2D eigenvalue weighted by Crippen LogP contribution is 2.50. The molecule has 0 bridgehead atoms. The maximum atomic E-state index is 13.3. The number of carbonyl (C=O) groups is 1. The van der Waals surface area contributed by atoms with Crippen molar-refractivity contribution < 1.29 is 18.3 Å². The molecule has 128 valence electrons. The van der Waals surface area contributed by atoms with Crippen LogP contribution in [0.15, 0.2) is 18.2 Å². The molecule has 1 aromatic carbocycles. The molecule has 6 heteroatoms. The van der Waals surface area contributed by atoms with E-state index in [4.69, 9.17) is 22.1 Å². The van der Waals surface area contributed by atoms with Crippen molar-refractivity contribution in [3.63, 3.8) is 0 Å². The van der Waals surface area contributed by atoms with Crippen LogP contribution in [-0.2, 0) is 9.53 Å². The highest BCUT2D eigenvalue weighted by Gasteiger charge is 2.49. The van der Waals surface area contributed by atoms with Crippen molar-refractivity contribution in [3.8, 4) is 0 Å². The van der Waals surface area contributed by atoms with Gasteiger partial charge in [-0.05, 0) is 50.3 Å². The van der Waals surface area contributed by atoms with Gasteiger partial charge in [0.1, 0.15) is 5.60 Å². The molecule has 1 aliphatic rings. The summed E-state index contributed by atoms with van der Waals surface area (Å²) in [4.78, 5) is 12.1. The third-order valence-corrected chi connectivity index (χ3v) is 4.29. The highest BCUT2D eigenvalue weighted by atomic mass is 35.5. The van der Waals surface area contributed by atoms with Crippen LogP contribution < -0.4 is 5.73 Å². The van der Waals surface area contributed by atoms with Crippen molar-refractivity contribution in [1.82, 2.24) is 0 Å². The van der Waals surface area contributed by atoms with Gasteiger partial charge in [0.2, 0.25) is 5.92 Å². The standard InChI is InChI=1S/C17H22ClF2NO2/c1-16(2,3)23-15(22)7-12(11-8-17(19,20)9-11)10-4-5-13(18)14(21)6-10/h4-6,11-12H,7-9,21H2,1-3H3. The summed E-state index contributed by atoms with van der Waals surface area (Å²) in [5.74, 6) is -3.65. The molecule has 0 saturated heterocycles. The topological polar surface area (TPSA) is 52.3 Å². The van der Waals surface area contributed by atoms with Gasteiger partial charge in [0.25, 0.3) is 0 Å². The number of ether oxygens (including phenoxy) is 1. The van der Waals surface area contributed by atoms with E-state index in [1.165, 1.54) is 0 Å². The third-order valence-electron chi connectivity index (χ3n) is 3.95. The Kier molecular flexibility index (Phi) is 4.90. The number of benzene rings is 1. The van der Waals surface area contributed by atoms with Gasteiger partial charge in [0.05, 0.1) is 17.1 Å². The normalized spacial score (nSPS) is 19.0. The van der Waals surface area contributed by atoms with Crippen molar-refractivity contribution >= 4 is 23.3 Å². The van der Waals surface area contributed by atoms with E-state index in [0.29, 0.717) is 10.7 Å². The fourth-order valence-corrected chi connectivity index (χ4v) is 3.02. The summed E-state index contributed by atoms with van der Waals surface area (Å²) in [7, 11) is 0. The Morgan fingerprint density at radius 2 is 2.04 bits per heavy atom. The van der Waals surface area contributed by atoms with E-state index in [1.54, 1.807) is 39.0 Å². The predicted molar refractivity (Wildman–Crippen MR) is 86.7 cm³/mol. The number of halogens is 3. The fourth-order valence-electron chi connectivity index (χ4n) is 2.90. The van der Waals surface area contributed by atoms with Crippen LogP contribution in [0, 0.1) is 5.92 Å². The van der Waals surface area contributed by atoms with Crippen LogP contribution in [0.2, 0.25) is 5.02 Å². The Labute approximate surface area is 140 Å². The van der Waals surface area contributed by atoms with Crippen LogP contribution in [0.25, 0.3) is 0 Å². The van der Waals surface area contributed by atoms with E-state index < -0.39 is 17.5 Å². The maximum Gasteiger partial charge on any atom is 0.306 e. The molecule has 1 atom stereocenters. The van der Waals surface area contributed by atoms with Crippen molar-refractivity contribution in [2.45, 2.75) is 57.5 Å². The molecule has 1 aliphatic carbocycles. The lowest BCUT2D eigenvalue weighted by Gasteiger charge is -2.40. The summed E-state index contributed by atoms with van der Waals surface area (Å²) in [5, 5.41) is 0.406. The molecule has 3 nitrogen and oxygen atoms in total. The van der Waals surface area contributed by atoms with Crippen LogP contribution in [0.4, 0.5) is 14.5 Å². The Morgan fingerprint density at radius 1 is 1.43 bits per heavy atom. The molecule has 0 heterocycles. The van der Waals surface area contributed by atoms with E-state index in [-0.39, 0.29) is 31.1 Å². The Morgan fingerprint density at radius 3 is 2.52 bits per heavy atom. The van der Waals surface area contributed by atoms with Gasteiger partial charge >= 0.3 is 5.97 Å². The molecule has 23 heavy (non-hydrogen) atoms. The second-order valence-electron chi connectivity index (χ2n) is 7.20. The fraction of sp³-hybridized carbons (Fsp3) is 0.588. The second kappa shape index (κ2) is 6.27. The molecule has 0 radical (unpaired) electrons. The minimum absolute atomic E-state index is 0.0547. The van der Waals surface area contributed by atoms with Gasteiger partial charge in [-0.25, -0.2) is 8.78 Å². The van der Waals surface area contributed by atoms with Gasteiger partial charge in [-0.1, -0.05) is 17.7 Å². The first-order valence-corrected chi connectivity index (χ1v) is 7.99. The molecule has 0 amide bonds. The Bertz CT molecular complexity index is 591. The zero-order chi connectivity index (χ0) is 17.4. The monoisotopic (exact) mass is 345 g/mol. The molecule has 1 unspecified atom stereocenters. The lowest BCUT2D eigenvalue weighted by molar-refractivity contribution is -0.158. The van der Waals surface area contributed by atoms with E-state index in [1.807, 2.05) is 0 Å². The molecule has 1 saturated carbocycles. The van der Waals surface area contributed by atoms with Gasteiger partial charge in [-0.15, -0.1) is 0 Å². The number of esters is 1. The number of carbonyl (C=O) groups excluding carboxylic acids is 1. The lowest BCUT2D eigenvalue weighted by atomic mass is 9.69. The summed E-state index contributed by atoms with van der Waals surface area (Å²) in [6, 6.07) is 5.03. The van der Waals surface area contributed by atoms with Crippen LogP contribution in [0.1, 0.15) is 51.5 Å². The first-order valence-electron chi connectivity index (χ1n) is 7.61. The number of nitrogens with two attached hydrogens (primary N) is 1. The van der Waals surface area contributed by atoms with Crippen LogP contribution in [0.3, 0.4) is 0 Å². The molecule has 1 aromatic rings. The SMILES string of the molecule is CC(C)(C)OC(=O)CC(c1ccc(Cl)c(N)c1)C1CC(F)(F)C1. The maximum absolute atomic E-state index is 13.3. The average Bonchev–Trinajstić information content (AvgIpc) is 2.34. The highest BCUT2D eigenvalue weighted by molar-refractivity contribution is 6.33. The molecule has 2 rings (SSSR count). The van der Waals surface area contributed by atoms with Crippen LogP contribution in [0.5, 0.6) is 0 Å². The number of hydrogen-bond acceptors (Lipinski definition) is 3. The molecule has 2 N–H and O–H groups in total. The van der Waals surface area contributed by atoms with Gasteiger partial charge in [0.15, 0.2) is 0 Å². The molecular formula is C17H22ClF2NO2. The van der Waals surface area contributed by atoms with Crippen molar-refractivity contribution in [1.29, 1.82) is 0 Å². The summed E-state index contributed by atoms with van der Waals surface area (Å²) in [6.07, 6.45) is -0.384. The third kappa shape index (κ3) is 4.80. The minimum atomic E-state index is -2.64. The van der Waals surface area contributed by atoms with Crippen molar-refractivity contribution in [2.75, 3.05) is 5.73 Å². The lowest BCUT2D eigenvalue weighted by Crippen LogP contribution is -2.40. The smallest absolute Gasteiger partial charge is 0.306 e. The molecule has 0 aliphatic heterocycles. The summed E-state index contributed by atoms with van der Waals surface area (Å²) in [6.45, 7) is 5.33. The van der Waals surface area contributed by atoms with Crippen molar-refractivity contribution in [3.05, 3.63) is 28.8 Å². The van der Waals surface area contributed by atoms with Crippen LogP contribution in [-0.4, -0.2) is 17.5 Å². The molecule has 0 aromatic heterocycles. The van der Waals surface area contributed by atoms with E-state index in [0.717, 1.165) is 5.56 Å². The Hall–Kier alpha value is -1.36. The summed E-state index contributed by atoms with van der Waals surface area (Å²) >= 11 is 5.91. The zero-order valence-electron chi connectivity index (χ0n) is 13.5. The number of rotatable bonds is 4. The second-order valence-corrected chi connectivity index (χ2v) is 7.61. The van der Waals surface area contributed by atoms with Crippen LogP contribution >= 0.6 is 11.6 Å². The first kappa shape index (κ1) is 18.0. The first-order chi connectivity index (χ1) is 10.5. The van der Waals surface area contributed by atoms with E-state index in [2.05, 4.69) is 0 Å². The quantitative estimate of drug-likeness (QED) is 0.631. The number of nitrogen functional groups attached to an aromatic ring is 1. The largest absolute Gasteiger partial charge is 0.460 e. The molecule has 0 spiro atoms.